The fourth-order valence-corrected chi connectivity index (χ4v) is 1.49. The number of anilines is 1. The van der Waals surface area contributed by atoms with Gasteiger partial charge in [0.2, 0.25) is 5.88 Å². The molecule has 0 unspecified atom stereocenters. The number of nitrogens with zero attached hydrogens (tertiary/aromatic N) is 2. The van der Waals surface area contributed by atoms with Crippen molar-refractivity contribution < 1.29 is 9.47 Å². The van der Waals surface area contributed by atoms with Gasteiger partial charge in [-0.05, 0) is 6.42 Å². The van der Waals surface area contributed by atoms with Crippen LogP contribution in [0.3, 0.4) is 0 Å². The largest absolute Gasteiger partial charge is 0.475 e. The molecule has 0 aliphatic carbocycles. The van der Waals surface area contributed by atoms with Crippen LogP contribution in [0.15, 0.2) is 6.07 Å². The van der Waals surface area contributed by atoms with E-state index in [9.17, 15) is 0 Å². The van der Waals surface area contributed by atoms with Gasteiger partial charge in [0.1, 0.15) is 18.2 Å². The third-order valence-corrected chi connectivity index (χ3v) is 2.61. The van der Waals surface area contributed by atoms with E-state index in [4.69, 9.17) is 9.47 Å². The lowest BCUT2D eigenvalue weighted by atomic mass is 10.2. The van der Waals surface area contributed by atoms with Gasteiger partial charge in [0, 0.05) is 25.6 Å². The predicted molar refractivity (Wildman–Crippen MR) is 76.9 cm³/mol. The third kappa shape index (κ3) is 5.87. The molecular weight excluding hydrogens is 242 g/mol. The van der Waals surface area contributed by atoms with E-state index in [1.807, 2.05) is 6.07 Å². The fourth-order valence-electron chi connectivity index (χ4n) is 1.49. The molecular formula is C14H25N3O2. The summed E-state index contributed by atoms with van der Waals surface area (Å²) in [6.07, 6.45) is 2.28. The van der Waals surface area contributed by atoms with Gasteiger partial charge in [-0.3, -0.25) is 0 Å². The van der Waals surface area contributed by atoms with Gasteiger partial charge >= 0.3 is 0 Å². The summed E-state index contributed by atoms with van der Waals surface area (Å²) >= 11 is 0. The highest BCUT2D eigenvalue weighted by molar-refractivity contribution is 5.38. The molecule has 108 valence electrons. The van der Waals surface area contributed by atoms with Crippen LogP contribution >= 0.6 is 0 Å². The molecule has 0 saturated carbocycles. The molecule has 0 fully saturated rings. The van der Waals surface area contributed by atoms with Crippen LogP contribution in [0.5, 0.6) is 5.88 Å². The Hall–Kier alpha value is -1.36. The molecule has 1 aromatic rings. The summed E-state index contributed by atoms with van der Waals surface area (Å²) in [6.45, 7) is 8.29. The van der Waals surface area contributed by atoms with E-state index in [0.717, 1.165) is 31.0 Å². The monoisotopic (exact) mass is 267 g/mol. The highest BCUT2D eigenvalue weighted by Gasteiger charge is 2.08. The number of hydrogen-bond donors (Lipinski definition) is 1. The minimum Gasteiger partial charge on any atom is -0.475 e. The first-order valence-corrected chi connectivity index (χ1v) is 6.92. The second-order valence-corrected chi connectivity index (χ2v) is 4.73. The van der Waals surface area contributed by atoms with Gasteiger partial charge < -0.3 is 14.8 Å². The summed E-state index contributed by atoms with van der Waals surface area (Å²) in [5, 5.41) is 3.31. The van der Waals surface area contributed by atoms with Crippen LogP contribution in [-0.2, 0) is 4.74 Å². The van der Waals surface area contributed by atoms with Crippen molar-refractivity contribution in [2.45, 2.75) is 39.5 Å². The summed E-state index contributed by atoms with van der Waals surface area (Å²) in [6, 6.07) is 1.84. The van der Waals surface area contributed by atoms with Gasteiger partial charge in [0.25, 0.3) is 0 Å². The molecule has 0 saturated heterocycles. The third-order valence-electron chi connectivity index (χ3n) is 2.61. The van der Waals surface area contributed by atoms with Crippen LogP contribution in [0.2, 0.25) is 0 Å². The van der Waals surface area contributed by atoms with Gasteiger partial charge in [-0.1, -0.05) is 27.2 Å². The van der Waals surface area contributed by atoms with Crippen molar-refractivity contribution in [1.82, 2.24) is 9.97 Å². The zero-order valence-electron chi connectivity index (χ0n) is 12.4. The van der Waals surface area contributed by atoms with E-state index in [-0.39, 0.29) is 5.92 Å². The van der Waals surface area contributed by atoms with Crippen molar-refractivity contribution in [1.29, 1.82) is 0 Å². The average Bonchev–Trinajstić information content (AvgIpc) is 2.39. The molecule has 5 nitrogen and oxygen atoms in total. The molecule has 1 heterocycles. The number of ether oxygens (including phenoxy) is 2. The SMILES string of the molecule is CCCCNc1cc(OCCOC)nc(C(C)C)n1. The second kappa shape index (κ2) is 8.69. The first-order valence-electron chi connectivity index (χ1n) is 6.92. The number of methoxy groups -OCH3 is 1. The number of rotatable bonds is 9. The van der Waals surface area contributed by atoms with Crippen LogP contribution in [0.25, 0.3) is 0 Å². The topological polar surface area (TPSA) is 56.3 Å². The first kappa shape index (κ1) is 15.7. The lowest BCUT2D eigenvalue weighted by Gasteiger charge is -2.12. The van der Waals surface area contributed by atoms with Gasteiger partial charge in [-0.25, -0.2) is 4.98 Å². The van der Waals surface area contributed by atoms with Crippen LogP contribution in [0.1, 0.15) is 45.4 Å². The van der Waals surface area contributed by atoms with Crippen molar-refractivity contribution in [3.8, 4) is 5.88 Å². The molecule has 0 aliphatic heterocycles. The standard InChI is InChI=1S/C14H25N3O2/c1-5-6-7-15-12-10-13(19-9-8-18-4)17-14(16-12)11(2)3/h10-11H,5-9H2,1-4H3,(H,15,16,17). The van der Waals surface area contributed by atoms with E-state index in [2.05, 4.69) is 36.1 Å². The highest BCUT2D eigenvalue weighted by atomic mass is 16.5. The molecule has 1 aromatic heterocycles. The van der Waals surface area contributed by atoms with Crippen LogP contribution in [-0.4, -0.2) is 36.8 Å². The molecule has 0 aromatic carbocycles. The zero-order valence-corrected chi connectivity index (χ0v) is 12.4. The summed E-state index contributed by atoms with van der Waals surface area (Å²) in [7, 11) is 1.65. The summed E-state index contributed by atoms with van der Waals surface area (Å²) in [5.74, 6) is 2.51. The second-order valence-electron chi connectivity index (χ2n) is 4.73. The van der Waals surface area contributed by atoms with Crippen LogP contribution in [0.4, 0.5) is 5.82 Å². The lowest BCUT2D eigenvalue weighted by Crippen LogP contribution is -2.10. The molecule has 0 bridgehead atoms. The van der Waals surface area contributed by atoms with Crippen LogP contribution in [0, 0.1) is 0 Å². The van der Waals surface area contributed by atoms with E-state index >= 15 is 0 Å². The maximum absolute atomic E-state index is 5.57. The van der Waals surface area contributed by atoms with Crippen molar-refractivity contribution in [3.05, 3.63) is 11.9 Å². The molecule has 19 heavy (non-hydrogen) atoms. The molecule has 0 atom stereocenters. The lowest BCUT2D eigenvalue weighted by molar-refractivity contribution is 0.143. The number of unbranched alkanes of at least 4 members (excludes halogenated alkanes) is 1. The molecule has 0 amide bonds. The Morgan fingerprint density at radius 3 is 2.68 bits per heavy atom. The Morgan fingerprint density at radius 2 is 2.05 bits per heavy atom. The van der Waals surface area contributed by atoms with Crippen LogP contribution < -0.4 is 10.1 Å². The maximum atomic E-state index is 5.57. The quantitative estimate of drug-likeness (QED) is 0.697. The van der Waals surface area contributed by atoms with Gasteiger partial charge in [-0.15, -0.1) is 0 Å². The first-order chi connectivity index (χ1) is 9.17. The number of nitrogens with one attached hydrogen (secondary N) is 1. The summed E-state index contributed by atoms with van der Waals surface area (Å²) < 4.78 is 10.5. The molecule has 1 rings (SSSR count). The minimum absolute atomic E-state index is 0.276. The van der Waals surface area contributed by atoms with E-state index in [1.54, 1.807) is 7.11 Å². The van der Waals surface area contributed by atoms with E-state index in [1.165, 1.54) is 0 Å². The smallest absolute Gasteiger partial charge is 0.218 e. The normalized spacial score (nSPS) is 10.8. The Bertz CT molecular complexity index is 341. The van der Waals surface area contributed by atoms with Gasteiger partial charge in [0.05, 0.1) is 6.61 Å². The maximum Gasteiger partial charge on any atom is 0.218 e. The highest BCUT2D eigenvalue weighted by Crippen LogP contribution is 2.18. The fraction of sp³-hybridized carbons (Fsp3) is 0.714. The Kier molecular flexibility index (Phi) is 7.18. The Labute approximate surface area is 115 Å². The van der Waals surface area contributed by atoms with Gasteiger partial charge in [-0.2, -0.15) is 4.98 Å². The molecule has 1 N–H and O–H groups in total. The van der Waals surface area contributed by atoms with Crippen molar-refractivity contribution in [2.75, 3.05) is 32.2 Å². The summed E-state index contributed by atoms with van der Waals surface area (Å²) in [5.41, 5.74) is 0. The molecule has 0 aliphatic rings. The molecule has 0 spiro atoms. The van der Waals surface area contributed by atoms with Crippen molar-refractivity contribution in [3.63, 3.8) is 0 Å². The minimum atomic E-state index is 0.276. The van der Waals surface area contributed by atoms with E-state index in [0.29, 0.717) is 19.1 Å². The Balaban J connectivity index is 2.72. The molecule has 5 heteroatoms. The molecule has 0 radical (unpaired) electrons. The van der Waals surface area contributed by atoms with Crippen molar-refractivity contribution >= 4 is 5.82 Å². The number of aromatic nitrogens is 2. The summed E-state index contributed by atoms with van der Waals surface area (Å²) in [4.78, 5) is 8.90. The van der Waals surface area contributed by atoms with Gasteiger partial charge in [0.15, 0.2) is 0 Å². The predicted octanol–water partition coefficient (Wildman–Crippen LogP) is 2.84. The van der Waals surface area contributed by atoms with E-state index < -0.39 is 0 Å². The number of hydrogen-bond acceptors (Lipinski definition) is 5. The average molecular weight is 267 g/mol. The zero-order chi connectivity index (χ0) is 14.1. The Morgan fingerprint density at radius 1 is 1.26 bits per heavy atom. The van der Waals surface area contributed by atoms with Crippen molar-refractivity contribution in [2.24, 2.45) is 0 Å².